The molecule has 0 spiro atoms. The first kappa shape index (κ1) is 23.2. The molecule has 0 fully saturated rings. The van der Waals surface area contributed by atoms with Crippen LogP contribution in [0.3, 0.4) is 0 Å². The third-order valence-corrected chi connectivity index (χ3v) is 5.86. The van der Waals surface area contributed by atoms with E-state index in [0.717, 1.165) is 63.9 Å². The number of fused-ring (bicyclic) bond motifs is 1. The molecule has 3 aromatic carbocycles. The number of hydrogen-bond donors (Lipinski definition) is 2. The molecule has 0 bridgehead atoms. The summed E-state index contributed by atoms with van der Waals surface area (Å²) in [7, 11) is 3.28. The Balaban J connectivity index is 1.68. The van der Waals surface area contributed by atoms with Crippen LogP contribution >= 0.6 is 0 Å². The molecule has 7 nitrogen and oxygen atoms in total. The minimum absolute atomic E-state index is 0.0848. The lowest BCUT2D eigenvalue weighted by Crippen LogP contribution is -2.24. The highest BCUT2D eigenvalue weighted by Gasteiger charge is 2.17. The highest BCUT2D eigenvalue weighted by molar-refractivity contribution is 5.99. The number of nitrogens with one attached hydrogen (secondary N) is 2. The van der Waals surface area contributed by atoms with Gasteiger partial charge in [0.15, 0.2) is 0 Å². The number of imidazole rings is 1. The zero-order valence-corrected chi connectivity index (χ0v) is 20.0. The van der Waals surface area contributed by atoms with E-state index in [1.807, 2.05) is 54.6 Å². The molecule has 4 aromatic rings. The number of nitrogens with zero attached hydrogens (tertiary/aromatic N) is 2. The highest BCUT2D eigenvalue weighted by Crippen LogP contribution is 2.34. The third kappa shape index (κ3) is 4.83. The SMILES string of the molecule is CCN(CC)c1cc2[nH]c(-c3ccccc3OC)nc2cc1NC(=O)Cc1ccc(OC)cc1. The van der Waals surface area contributed by atoms with Crippen molar-refractivity contribution in [2.24, 2.45) is 0 Å². The van der Waals surface area contributed by atoms with Crippen LogP contribution in [0, 0.1) is 0 Å². The Morgan fingerprint density at radius 2 is 1.74 bits per heavy atom. The number of carbonyl (C=O) groups is 1. The smallest absolute Gasteiger partial charge is 0.228 e. The van der Waals surface area contributed by atoms with Crippen molar-refractivity contribution >= 4 is 28.3 Å². The van der Waals surface area contributed by atoms with Gasteiger partial charge in [0.2, 0.25) is 5.91 Å². The molecule has 2 N–H and O–H groups in total. The highest BCUT2D eigenvalue weighted by atomic mass is 16.5. The van der Waals surface area contributed by atoms with E-state index in [0.29, 0.717) is 0 Å². The van der Waals surface area contributed by atoms with Crippen LogP contribution < -0.4 is 19.7 Å². The van der Waals surface area contributed by atoms with Gasteiger partial charge in [-0.25, -0.2) is 4.98 Å². The zero-order chi connectivity index (χ0) is 24.1. The number of rotatable bonds is 9. The summed E-state index contributed by atoms with van der Waals surface area (Å²) in [5, 5.41) is 3.11. The molecular weight excluding hydrogens is 428 g/mol. The number of aromatic nitrogens is 2. The zero-order valence-electron chi connectivity index (χ0n) is 20.0. The number of H-pyrrole nitrogens is 1. The van der Waals surface area contributed by atoms with Crippen molar-refractivity contribution < 1.29 is 14.3 Å². The Morgan fingerprint density at radius 1 is 1.00 bits per heavy atom. The Bertz CT molecular complexity index is 1280. The normalized spacial score (nSPS) is 10.8. The first-order valence-corrected chi connectivity index (χ1v) is 11.4. The second-order valence-electron chi connectivity index (χ2n) is 7.92. The molecule has 0 aliphatic carbocycles. The summed E-state index contributed by atoms with van der Waals surface area (Å²) < 4.78 is 10.7. The Morgan fingerprint density at radius 3 is 2.41 bits per heavy atom. The number of amides is 1. The number of aromatic amines is 1. The van der Waals surface area contributed by atoms with Gasteiger partial charge in [-0.2, -0.15) is 0 Å². The molecule has 0 unspecified atom stereocenters. The number of hydrogen-bond acceptors (Lipinski definition) is 5. The lowest BCUT2D eigenvalue weighted by molar-refractivity contribution is -0.115. The summed E-state index contributed by atoms with van der Waals surface area (Å²) in [6, 6.07) is 19.3. The van der Waals surface area contributed by atoms with Crippen molar-refractivity contribution in [1.29, 1.82) is 0 Å². The molecule has 0 saturated heterocycles. The molecule has 0 atom stereocenters. The molecule has 0 aliphatic rings. The van der Waals surface area contributed by atoms with E-state index in [2.05, 4.69) is 35.1 Å². The van der Waals surface area contributed by atoms with E-state index in [-0.39, 0.29) is 12.3 Å². The van der Waals surface area contributed by atoms with Gasteiger partial charge in [0.05, 0.1) is 48.6 Å². The van der Waals surface area contributed by atoms with Gasteiger partial charge in [-0.15, -0.1) is 0 Å². The quantitative estimate of drug-likeness (QED) is 0.357. The molecule has 0 radical (unpaired) electrons. The van der Waals surface area contributed by atoms with Crippen LogP contribution in [0.1, 0.15) is 19.4 Å². The lowest BCUT2D eigenvalue weighted by Gasteiger charge is -2.24. The molecule has 0 saturated carbocycles. The third-order valence-electron chi connectivity index (χ3n) is 5.86. The maximum atomic E-state index is 12.9. The fourth-order valence-electron chi connectivity index (χ4n) is 4.06. The van der Waals surface area contributed by atoms with Crippen LogP contribution in [0.5, 0.6) is 11.5 Å². The van der Waals surface area contributed by atoms with E-state index in [1.54, 1.807) is 14.2 Å². The maximum absolute atomic E-state index is 12.9. The van der Waals surface area contributed by atoms with Crippen LogP contribution in [0.25, 0.3) is 22.4 Å². The largest absolute Gasteiger partial charge is 0.497 e. The number of carbonyl (C=O) groups excluding carboxylic acids is 1. The summed E-state index contributed by atoms with van der Waals surface area (Å²) >= 11 is 0. The molecule has 176 valence electrons. The summed E-state index contributed by atoms with van der Waals surface area (Å²) in [5.41, 5.74) is 5.17. The molecule has 7 heteroatoms. The van der Waals surface area contributed by atoms with E-state index >= 15 is 0 Å². The second kappa shape index (κ2) is 10.3. The number of para-hydroxylation sites is 1. The Hall–Kier alpha value is -4.00. The van der Waals surface area contributed by atoms with E-state index in [4.69, 9.17) is 14.5 Å². The summed E-state index contributed by atoms with van der Waals surface area (Å²) in [4.78, 5) is 23.4. The van der Waals surface area contributed by atoms with Crippen molar-refractivity contribution in [2.75, 3.05) is 37.5 Å². The molecule has 0 aliphatic heterocycles. The van der Waals surface area contributed by atoms with Gasteiger partial charge in [0.25, 0.3) is 0 Å². The maximum Gasteiger partial charge on any atom is 0.228 e. The Kier molecular flexibility index (Phi) is 7.01. The summed E-state index contributed by atoms with van der Waals surface area (Å²) in [6.07, 6.45) is 0.271. The van der Waals surface area contributed by atoms with Crippen molar-refractivity contribution in [1.82, 2.24) is 9.97 Å². The number of ether oxygens (including phenoxy) is 2. The first-order chi connectivity index (χ1) is 16.6. The molecule has 1 heterocycles. The first-order valence-electron chi connectivity index (χ1n) is 11.4. The number of methoxy groups -OCH3 is 2. The summed E-state index contributed by atoms with van der Waals surface area (Å²) in [5.74, 6) is 2.15. The van der Waals surface area contributed by atoms with Crippen molar-refractivity contribution in [3.63, 3.8) is 0 Å². The Labute approximate surface area is 199 Å². The monoisotopic (exact) mass is 458 g/mol. The minimum Gasteiger partial charge on any atom is -0.497 e. The fourth-order valence-corrected chi connectivity index (χ4v) is 4.06. The number of benzene rings is 3. The van der Waals surface area contributed by atoms with Crippen molar-refractivity contribution in [3.8, 4) is 22.9 Å². The predicted molar refractivity (Wildman–Crippen MR) is 137 cm³/mol. The van der Waals surface area contributed by atoms with Crippen LogP contribution in [0.15, 0.2) is 60.7 Å². The van der Waals surface area contributed by atoms with E-state index in [1.165, 1.54) is 0 Å². The molecule has 1 aromatic heterocycles. The lowest BCUT2D eigenvalue weighted by atomic mass is 10.1. The summed E-state index contributed by atoms with van der Waals surface area (Å²) in [6.45, 7) is 5.83. The van der Waals surface area contributed by atoms with Crippen LogP contribution in [0.2, 0.25) is 0 Å². The minimum atomic E-state index is -0.0848. The predicted octanol–water partition coefficient (Wildman–Crippen LogP) is 5.27. The van der Waals surface area contributed by atoms with E-state index in [9.17, 15) is 4.79 Å². The topological polar surface area (TPSA) is 79.5 Å². The van der Waals surface area contributed by atoms with Crippen LogP contribution in [-0.2, 0) is 11.2 Å². The van der Waals surface area contributed by atoms with Gasteiger partial charge in [-0.05, 0) is 55.8 Å². The average Bonchev–Trinajstić information content (AvgIpc) is 3.28. The molecule has 1 amide bonds. The van der Waals surface area contributed by atoms with Gasteiger partial charge in [0, 0.05) is 13.1 Å². The van der Waals surface area contributed by atoms with Crippen LogP contribution in [-0.4, -0.2) is 43.2 Å². The molecule has 4 rings (SSSR count). The van der Waals surface area contributed by atoms with Gasteiger partial charge in [-0.3, -0.25) is 4.79 Å². The second-order valence-corrected chi connectivity index (χ2v) is 7.92. The van der Waals surface area contributed by atoms with Crippen LogP contribution in [0.4, 0.5) is 11.4 Å². The van der Waals surface area contributed by atoms with Gasteiger partial charge < -0.3 is 24.7 Å². The standard InChI is InChI=1S/C27H30N4O3/c1-5-31(6-2)24-17-22-21(29-27(30-22)20-9-7-8-10-25(20)34-4)16-23(24)28-26(32)15-18-11-13-19(33-3)14-12-18/h7-14,16-17H,5-6,15H2,1-4H3,(H,28,32)(H,29,30). The molecular formula is C27H30N4O3. The van der Waals surface area contributed by atoms with Gasteiger partial charge >= 0.3 is 0 Å². The average molecular weight is 459 g/mol. The number of anilines is 2. The van der Waals surface area contributed by atoms with Gasteiger partial charge in [-0.1, -0.05) is 24.3 Å². The molecule has 34 heavy (non-hydrogen) atoms. The van der Waals surface area contributed by atoms with E-state index < -0.39 is 0 Å². The fraction of sp³-hybridized carbons (Fsp3) is 0.259. The van der Waals surface area contributed by atoms with Gasteiger partial charge in [0.1, 0.15) is 17.3 Å². The van der Waals surface area contributed by atoms with Crippen molar-refractivity contribution in [3.05, 3.63) is 66.2 Å². The van der Waals surface area contributed by atoms with Crippen molar-refractivity contribution in [2.45, 2.75) is 20.3 Å².